The van der Waals surface area contributed by atoms with Crippen molar-refractivity contribution in [3.63, 3.8) is 0 Å². The molecule has 0 bridgehead atoms. The van der Waals surface area contributed by atoms with Gasteiger partial charge in [0.1, 0.15) is 7.05 Å². The maximum atomic E-state index is 9.48. The van der Waals surface area contributed by atoms with Gasteiger partial charge in [-0.1, -0.05) is 4.28 Å². The predicted molar refractivity (Wildman–Crippen MR) is 19.5 cm³/mol. The summed E-state index contributed by atoms with van der Waals surface area (Å²) in [6.07, 6.45) is 0. The van der Waals surface area contributed by atoms with E-state index in [0.29, 0.717) is 0 Å². The van der Waals surface area contributed by atoms with Crippen LogP contribution in [0.2, 0.25) is 0 Å². The summed E-state index contributed by atoms with van der Waals surface area (Å²) in [7, 11) is -3.82. The van der Waals surface area contributed by atoms with E-state index in [-0.39, 0.29) is 0 Å². The first-order valence-corrected chi connectivity index (χ1v) is 2.93. The van der Waals surface area contributed by atoms with E-state index in [0.717, 1.165) is 7.05 Å². The van der Waals surface area contributed by atoms with Crippen LogP contribution in [0.1, 0.15) is 0 Å². The van der Waals surface area contributed by atoms with Gasteiger partial charge in [-0.2, -0.15) is 5.21 Å². The molecule has 0 aromatic carbocycles. The van der Waals surface area contributed by atoms with E-state index >= 15 is 0 Å². The molecule has 0 aliphatic rings. The first-order chi connectivity index (χ1) is 3.42. The number of hydroxylamine groups is 2. The SMILES string of the molecule is C[NH+](O)OS(=O)(=O)[O-]. The molecular weight excluding hydrogens is 138 g/mol. The van der Waals surface area contributed by atoms with Crippen molar-refractivity contribution in [1.29, 1.82) is 0 Å². The highest BCUT2D eigenvalue weighted by Gasteiger charge is 2.00. The van der Waals surface area contributed by atoms with Crippen LogP contribution in [-0.4, -0.2) is 25.2 Å². The lowest BCUT2D eigenvalue weighted by atomic mass is 11.5. The highest BCUT2D eigenvalue weighted by atomic mass is 32.3. The highest BCUT2D eigenvalue weighted by Crippen LogP contribution is 1.70. The Morgan fingerprint density at radius 2 is 2.12 bits per heavy atom. The quantitative estimate of drug-likeness (QED) is 0.249. The van der Waals surface area contributed by atoms with Crippen molar-refractivity contribution in [2.24, 2.45) is 0 Å². The summed E-state index contributed by atoms with van der Waals surface area (Å²) in [5, 5.41) is 7.13. The van der Waals surface area contributed by atoms with Crippen LogP contribution in [0.15, 0.2) is 0 Å². The first-order valence-electron chi connectivity index (χ1n) is 1.59. The van der Waals surface area contributed by atoms with E-state index in [1.54, 1.807) is 0 Å². The molecule has 1 atom stereocenters. The molecule has 0 saturated carbocycles. The average Bonchev–Trinajstić information content (AvgIpc) is 1.21. The number of hydrogen-bond acceptors (Lipinski definition) is 5. The molecule has 0 aliphatic heterocycles. The maximum Gasteiger partial charge on any atom is 0.272 e. The largest absolute Gasteiger partial charge is 0.722 e. The molecule has 2 N–H and O–H groups in total. The molecular formula is CH5NO5S. The van der Waals surface area contributed by atoms with Gasteiger partial charge >= 0.3 is 0 Å². The molecule has 0 aromatic rings. The summed E-state index contributed by atoms with van der Waals surface area (Å²) in [6, 6.07) is 0. The van der Waals surface area contributed by atoms with Crippen LogP contribution in [0.25, 0.3) is 0 Å². The Balaban J connectivity index is 3.75. The van der Waals surface area contributed by atoms with Gasteiger partial charge in [0.05, 0.1) is 0 Å². The van der Waals surface area contributed by atoms with Gasteiger partial charge in [0.25, 0.3) is 10.4 Å². The number of nitrogens with one attached hydrogen (secondary N) is 1. The lowest BCUT2D eigenvalue weighted by Crippen LogP contribution is -3.05. The summed E-state index contributed by atoms with van der Waals surface area (Å²) >= 11 is 0. The molecule has 0 spiro atoms. The highest BCUT2D eigenvalue weighted by molar-refractivity contribution is 7.80. The average molecular weight is 143 g/mol. The summed E-state index contributed by atoms with van der Waals surface area (Å²) in [4.78, 5) is 0. The fourth-order valence-electron chi connectivity index (χ4n) is 0.148. The summed E-state index contributed by atoms with van der Waals surface area (Å²) in [5.41, 5.74) is 0. The second-order valence-corrected chi connectivity index (χ2v) is 1.99. The van der Waals surface area contributed by atoms with Gasteiger partial charge in [0.15, 0.2) is 0 Å². The summed E-state index contributed by atoms with van der Waals surface area (Å²) in [6.45, 7) is 0. The van der Waals surface area contributed by atoms with Crippen LogP contribution in [-0.2, 0) is 14.7 Å². The van der Waals surface area contributed by atoms with Gasteiger partial charge in [-0.05, 0) is 5.23 Å². The zero-order valence-electron chi connectivity index (χ0n) is 3.99. The molecule has 0 saturated heterocycles. The lowest BCUT2D eigenvalue weighted by Gasteiger charge is -2.04. The van der Waals surface area contributed by atoms with E-state index in [1.807, 2.05) is 0 Å². The molecule has 0 amide bonds. The first kappa shape index (κ1) is 7.79. The molecule has 50 valence electrons. The van der Waals surface area contributed by atoms with E-state index < -0.39 is 15.6 Å². The van der Waals surface area contributed by atoms with Crippen molar-refractivity contribution in [2.45, 2.75) is 0 Å². The fraction of sp³-hybridized carbons (Fsp3) is 1.00. The van der Waals surface area contributed by atoms with Crippen molar-refractivity contribution < 1.29 is 27.7 Å². The smallest absolute Gasteiger partial charge is 0.272 e. The zero-order chi connectivity index (χ0) is 6.78. The topological polar surface area (TPSA) is 91.1 Å². The van der Waals surface area contributed by atoms with Crippen molar-refractivity contribution in [1.82, 2.24) is 0 Å². The van der Waals surface area contributed by atoms with Crippen molar-refractivity contribution in [3.05, 3.63) is 0 Å². The molecule has 8 heavy (non-hydrogen) atoms. The molecule has 0 radical (unpaired) electrons. The Morgan fingerprint density at radius 3 is 2.12 bits per heavy atom. The Labute approximate surface area is 46.2 Å². The molecule has 0 fully saturated rings. The fourth-order valence-corrected chi connectivity index (χ4v) is 0.443. The van der Waals surface area contributed by atoms with Crippen molar-refractivity contribution in [2.75, 3.05) is 7.05 Å². The third kappa shape index (κ3) is 5.79. The monoisotopic (exact) mass is 143 g/mol. The van der Waals surface area contributed by atoms with Gasteiger partial charge in [0.2, 0.25) is 0 Å². The molecule has 6 nitrogen and oxygen atoms in total. The molecule has 1 unspecified atom stereocenters. The normalized spacial score (nSPS) is 15.9. The minimum Gasteiger partial charge on any atom is -0.722 e. The Hall–Kier alpha value is -0.210. The molecule has 0 aromatic heterocycles. The maximum absolute atomic E-state index is 9.48. The minimum absolute atomic E-state index is 0.875. The molecule has 7 heteroatoms. The van der Waals surface area contributed by atoms with Crippen molar-refractivity contribution in [3.8, 4) is 0 Å². The Morgan fingerprint density at radius 1 is 1.75 bits per heavy atom. The standard InChI is InChI=1S/CH5NO5S/c1-2(3)7-8(4,5)6/h3H,1H3,(H,4,5,6). The molecule has 0 heterocycles. The van der Waals surface area contributed by atoms with Crippen LogP contribution in [0, 0.1) is 0 Å². The van der Waals surface area contributed by atoms with Gasteiger partial charge in [0, 0.05) is 0 Å². The van der Waals surface area contributed by atoms with Gasteiger partial charge in [-0.15, -0.1) is 0 Å². The van der Waals surface area contributed by atoms with Gasteiger partial charge < -0.3 is 4.55 Å². The van der Waals surface area contributed by atoms with Crippen LogP contribution >= 0.6 is 0 Å². The van der Waals surface area contributed by atoms with Crippen LogP contribution in [0.5, 0.6) is 0 Å². The zero-order valence-corrected chi connectivity index (χ0v) is 4.80. The third-order valence-corrected chi connectivity index (χ3v) is 0.668. The second-order valence-electron chi connectivity index (χ2n) is 1.01. The number of quaternary nitrogens is 1. The van der Waals surface area contributed by atoms with Crippen LogP contribution in [0.4, 0.5) is 0 Å². The van der Waals surface area contributed by atoms with E-state index in [9.17, 15) is 13.0 Å². The molecule has 0 rings (SSSR count). The van der Waals surface area contributed by atoms with Crippen LogP contribution in [0.3, 0.4) is 0 Å². The summed E-state index contributed by atoms with van der Waals surface area (Å²) < 4.78 is 31.8. The van der Waals surface area contributed by atoms with Crippen molar-refractivity contribution >= 4 is 10.4 Å². The van der Waals surface area contributed by atoms with E-state index in [1.165, 1.54) is 0 Å². The summed E-state index contributed by atoms with van der Waals surface area (Å²) in [5.74, 6) is 0. The van der Waals surface area contributed by atoms with Gasteiger partial charge in [-0.3, -0.25) is 0 Å². The predicted octanol–water partition coefficient (Wildman–Crippen LogP) is -2.72. The molecule has 0 aliphatic carbocycles. The minimum atomic E-state index is -4.76. The Bertz CT molecular complexity index is 146. The Kier molecular flexibility index (Phi) is 2.31. The third-order valence-electron chi connectivity index (χ3n) is 0.223. The van der Waals surface area contributed by atoms with Crippen LogP contribution < -0.4 is 5.23 Å². The second kappa shape index (κ2) is 2.37. The van der Waals surface area contributed by atoms with E-state index in [2.05, 4.69) is 4.28 Å². The lowest BCUT2D eigenvalue weighted by molar-refractivity contribution is -1.21. The number of hydrogen-bond donors (Lipinski definition) is 2. The van der Waals surface area contributed by atoms with Gasteiger partial charge in [-0.25, -0.2) is 8.42 Å². The number of rotatable bonds is 2. The van der Waals surface area contributed by atoms with E-state index in [4.69, 9.17) is 5.21 Å².